The van der Waals surface area contributed by atoms with Crippen molar-refractivity contribution in [1.29, 1.82) is 5.26 Å². The predicted octanol–water partition coefficient (Wildman–Crippen LogP) is 1.51. The number of hydrogen-bond acceptors (Lipinski definition) is 3. The highest BCUT2D eigenvalue weighted by Crippen LogP contribution is 2.23. The standard InChI is InChI=1S/C11H11BrN2O2/c1-14(2)11(16)7-3-8(5-13)9(6-15)10(12)4-7/h3-4,15H,6H2,1-2H3. The molecule has 4 nitrogen and oxygen atoms in total. The lowest BCUT2D eigenvalue weighted by Gasteiger charge is -2.12. The zero-order chi connectivity index (χ0) is 12.3. The van der Waals surface area contributed by atoms with Crippen LogP contribution in [-0.4, -0.2) is 30.0 Å². The van der Waals surface area contributed by atoms with Crippen molar-refractivity contribution < 1.29 is 9.90 Å². The van der Waals surface area contributed by atoms with Crippen LogP contribution in [0, 0.1) is 11.3 Å². The molecule has 16 heavy (non-hydrogen) atoms. The first-order valence-electron chi connectivity index (χ1n) is 4.56. The molecule has 1 amide bonds. The average molecular weight is 283 g/mol. The normalized spacial score (nSPS) is 9.69. The van der Waals surface area contributed by atoms with Crippen LogP contribution in [0.1, 0.15) is 21.5 Å². The molecular formula is C11H11BrN2O2. The molecule has 0 aromatic heterocycles. The fraction of sp³-hybridized carbons (Fsp3) is 0.273. The first-order chi connectivity index (χ1) is 7.51. The Hall–Kier alpha value is -1.38. The molecule has 0 aliphatic carbocycles. The van der Waals surface area contributed by atoms with E-state index in [9.17, 15) is 4.79 Å². The van der Waals surface area contributed by atoms with Crippen LogP contribution < -0.4 is 0 Å². The highest BCUT2D eigenvalue weighted by molar-refractivity contribution is 9.10. The molecule has 1 aromatic rings. The molecule has 0 aliphatic rings. The van der Waals surface area contributed by atoms with Gasteiger partial charge in [0.05, 0.1) is 18.2 Å². The van der Waals surface area contributed by atoms with Gasteiger partial charge in [-0.15, -0.1) is 0 Å². The summed E-state index contributed by atoms with van der Waals surface area (Å²) in [5, 5.41) is 18.0. The van der Waals surface area contributed by atoms with Crippen LogP contribution in [0.5, 0.6) is 0 Å². The van der Waals surface area contributed by atoms with E-state index in [1.807, 2.05) is 6.07 Å². The summed E-state index contributed by atoms with van der Waals surface area (Å²) in [4.78, 5) is 13.1. The van der Waals surface area contributed by atoms with Gasteiger partial charge >= 0.3 is 0 Å². The Morgan fingerprint density at radius 3 is 2.62 bits per heavy atom. The van der Waals surface area contributed by atoms with E-state index in [1.165, 1.54) is 11.0 Å². The van der Waals surface area contributed by atoms with E-state index in [0.29, 0.717) is 21.2 Å². The van der Waals surface area contributed by atoms with E-state index in [2.05, 4.69) is 15.9 Å². The lowest BCUT2D eigenvalue weighted by atomic mass is 10.0. The van der Waals surface area contributed by atoms with Crippen LogP contribution in [0.4, 0.5) is 0 Å². The molecular weight excluding hydrogens is 272 g/mol. The Balaban J connectivity index is 3.33. The smallest absolute Gasteiger partial charge is 0.253 e. The number of halogens is 1. The van der Waals surface area contributed by atoms with Gasteiger partial charge in [-0.3, -0.25) is 4.79 Å². The van der Waals surface area contributed by atoms with Crippen molar-refractivity contribution in [2.75, 3.05) is 14.1 Å². The molecule has 5 heteroatoms. The third kappa shape index (κ3) is 2.40. The van der Waals surface area contributed by atoms with E-state index in [-0.39, 0.29) is 12.5 Å². The molecule has 0 saturated carbocycles. The molecule has 0 aliphatic heterocycles. The monoisotopic (exact) mass is 282 g/mol. The number of hydrogen-bond donors (Lipinski definition) is 1. The maximum Gasteiger partial charge on any atom is 0.253 e. The van der Waals surface area contributed by atoms with Crippen molar-refractivity contribution in [2.24, 2.45) is 0 Å². The predicted molar refractivity (Wildman–Crippen MR) is 62.8 cm³/mol. The first kappa shape index (κ1) is 12.7. The summed E-state index contributed by atoms with van der Waals surface area (Å²) < 4.78 is 0.569. The van der Waals surface area contributed by atoms with Gasteiger partial charge in [-0.25, -0.2) is 0 Å². The maximum absolute atomic E-state index is 11.7. The Bertz CT molecular complexity index is 464. The highest BCUT2D eigenvalue weighted by Gasteiger charge is 2.14. The van der Waals surface area contributed by atoms with Crippen LogP contribution in [0.15, 0.2) is 16.6 Å². The van der Waals surface area contributed by atoms with Crippen LogP contribution in [0.2, 0.25) is 0 Å². The Labute approximate surface area is 102 Å². The van der Waals surface area contributed by atoms with Gasteiger partial charge in [0.25, 0.3) is 5.91 Å². The molecule has 0 unspecified atom stereocenters. The van der Waals surface area contributed by atoms with Gasteiger partial charge < -0.3 is 10.0 Å². The summed E-state index contributed by atoms with van der Waals surface area (Å²) in [6.07, 6.45) is 0. The quantitative estimate of drug-likeness (QED) is 0.894. The third-order valence-electron chi connectivity index (χ3n) is 2.13. The maximum atomic E-state index is 11.7. The summed E-state index contributed by atoms with van der Waals surface area (Å²) in [5.74, 6) is -0.179. The lowest BCUT2D eigenvalue weighted by Crippen LogP contribution is -2.22. The Morgan fingerprint density at radius 2 is 2.19 bits per heavy atom. The number of nitriles is 1. The van der Waals surface area contributed by atoms with E-state index in [1.54, 1.807) is 20.2 Å². The fourth-order valence-electron chi connectivity index (χ4n) is 1.28. The number of amides is 1. The molecule has 0 saturated heterocycles. The number of carbonyl (C=O) groups is 1. The van der Waals surface area contributed by atoms with Gasteiger partial charge in [0.15, 0.2) is 0 Å². The van der Waals surface area contributed by atoms with Gasteiger partial charge in [0, 0.05) is 29.7 Å². The number of rotatable bonds is 2. The molecule has 1 aromatic carbocycles. The minimum atomic E-state index is -0.236. The second-order valence-electron chi connectivity index (χ2n) is 3.45. The van der Waals surface area contributed by atoms with Crippen LogP contribution in [-0.2, 0) is 6.61 Å². The lowest BCUT2D eigenvalue weighted by molar-refractivity contribution is 0.0827. The van der Waals surface area contributed by atoms with Gasteiger partial charge in [-0.2, -0.15) is 5.26 Å². The second kappa shape index (κ2) is 5.10. The highest BCUT2D eigenvalue weighted by atomic mass is 79.9. The second-order valence-corrected chi connectivity index (χ2v) is 4.31. The van der Waals surface area contributed by atoms with E-state index >= 15 is 0 Å². The molecule has 0 heterocycles. The molecule has 0 bridgehead atoms. The summed E-state index contributed by atoms with van der Waals surface area (Å²) in [5.41, 5.74) is 1.23. The minimum Gasteiger partial charge on any atom is -0.392 e. The average Bonchev–Trinajstić information content (AvgIpc) is 2.26. The summed E-state index contributed by atoms with van der Waals surface area (Å²) >= 11 is 3.23. The summed E-state index contributed by atoms with van der Waals surface area (Å²) in [6, 6.07) is 5.05. The van der Waals surface area contributed by atoms with E-state index in [4.69, 9.17) is 10.4 Å². The molecule has 0 spiro atoms. The van der Waals surface area contributed by atoms with Crippen molar-refractivity contribution in [3.63, 3.8) is 0 Å². The van der Waals surface area contributed by atoms with Crippen molar-refractivity contribution in [3.8, 4) is 6.07 Å². The van der Waals surface area contributed by atoms with Crippen LogP contribution in [0.3, 0.4) is 0 Å². The van der Waals surface area contributed by atoms with Crippen molar-refractivity contribution >= 4 is 21.8 Å². The number of benzene rings is 1. The third-order valence-corrected chi connectivity index (χ3v) is 2.83. The molecule has 0 fully saturated rings. The largest absolute Gasteiger partial charge is 0.392 e. The van der Waals surface area contributed by atoms with Gasteiger partial charge in [0.2, 0.25) is 0 Å². The SMILES string of the molecule is CN(C)C(=O)c1cc(Br)c(CO)c(C#N)c1. The van der Waals surface area contributed by atoms with Crippen LogP contribution in [0.25, 0.3) is 0 Å². The van der Waals surface area contributed by atoms with Gasteiger partial charge in [-0.1, -0.05) is 15.9 Å². The molecule has 1 rings (SSSR count). The summed E-state index contributed by atoms with van der Waals surface area (Å²) in [6.45, 7) is -0.236. The summed E-state index contributed by atoms with van der Waals surface area (Å²) in [7, 11) is 3.28. The van der Waals surface area contributed by atoms with Crippen LogP contribution >= 0.6 is 15.9 Å². The Morgan fingerprint density at radius 1 is 1.56 bits per heavy atom. The van der Waals surface area contributed by atoms with Gasteiger partial charge in [0.1, 0.15) is 0 Å². The minimum absolute atomic E-state index is 0.179. The zero-order valence-electron chi connectivity index (χ0n) is 8.99. The number of aliphatic hydroxyl groups is 1. The van der Waals surface area contributed by atoms with E-state index in [0.717, 1.165) is 0 Å². The van der Waals surface area contributed by atoms with E-state index < -0.39 is 0 Å². The molecule has 84 valence electrons. The molecule has 0 atom stereocenters. The molecule has 1 N–H and O–H groups in total. The Kier molecular flexibility index (Phi) is 4.05. The zero-order valence-corrected chi connectivity index (χ0v) is 10.6. The topological polar surface area (TPSA) is 64.3 Å². The van der Waals surface area contributed by atoms with Gasteiger partial charge in [-0.05, 0) is 12.1 Å². The van der Waals surface area contributed by atoms with Crippen molar-refractivity contribution in [3.05, 3.63) is 33.3 Å². The fourth-order valence-corrected chi connectivity index (χ4v) is 1.86. The molecule has 0 radical (unpaired) electrons. The van der Waals surface area contributed by atoms with Crippen molar-refractivity contribution in [2.45, 2.75) is 6.61 Å². The number of aliphatic hydroxyl groups excluding tert-OH is 1. The van der Waals surface area contributed by atoms with Crippen molar-refractivity contribution in [1.82, 2.24) is 4.90 Å². The number of nitrogens with zero attached hydrogens (tertiary/aromatic N) is 2. The first-order valence-corrected chi connectivity index (χ1v) is 5.35. The number of carbonyl (C=O) groups excluding carboxylic acids is 1.